The van der Waals surface area contributed by atoms with Crippen molar-refractivity contribution >= 4 is 45.2 Å². The highest BCUT2D eigenvalue weighted by Gasteiger charge is 2.12. The number of hydrogen-bond donors (Lipinski definition) is 2. The van der Waals surface area contributed by atoms with Crippen molar-refractivity contribution in [2.45, 2.75) is 6.54 Å². The number of rotatable bonds is 4. The van der Waals surface area contributed by atoms with Gasteiger partial charge in [-0.25, -0.2) is 9.59 Å². The van der Waals surface area contributed by atoms with Crippen LogP contribution in [0.5, 0.6) is 0 Å². The first-order chi connectivity index (χ1) is 8.88. The second-order valence-electron chi connectivity index (χ2n) is 3.55. The fourth-order valence-corrected chi connectivity index (χ4v) is 2.64. The van der Waals surface area contributed by atoms with Crippen LogP contribution < -0.4 is 5.32 Å². The van der Waals surface area contributed by atoms with Gasteiger partial charge in [-0.1, -0.05) is 0 Å². The number of hydrogen-bond acceptors (Lipinski definition) is 4. The standard InChI is InChI=1S/C11H11BrN2O4S/c1-14(5-8-4-7(12)6-19-8)11(18)13-9(15)2-3-10(16)17/h2-4,6H,5H2,1H3,(H,16,17)(H,13,15,18). The molecule has 102 valence electrons. The van der Waals surface area contributed by atoms with Gasteiger partial charge in [-0.15, -0.1) is 11.3 Å². The van der Waals surface area contributed by atoms with E-state index in [1.165, 1.54) is 23.3 Å². The number of imide groups is 1. The van der Waals surface area contributed by atoms with Crippen molar-refractivity contribution in [3.05, 3.63) is 32.9 Å². The molecule has 0 fully saturated rings. The van der Waals surface area contributed by atoms with Crippen LogP contribution in [-0.4, -0.2) is 35.0 Å². The molecule has 0 radical (unpaired) electrons. The molecule has 0 aliphatic rings. The summed E-state index contributed by atoms with van der Waals surface area (Å²) in [5.41, 5.74) is 0. The van der Waals surface area contributed by atoms with Crippen LogP contribution in [-0.2, 0) is 16.1 Å². The smallest absolute Gasteiger partial charge is 0.328 e. The molecule has 0 saturated heterocycles. The first-order valence-corrected chi connectivity index (χ1v) is 6.75. The fourth-order valence-electron chi connectivity index (χ4n) is 1.13. The van der Waals surface area contributed by atoms with E-state index in [-0.39, 0.29) is 0 Å². The van der Waals surface area contributed by atoms with Gasteiger partial charge >= 0.3 is 12.0 Å². The zero-order chi connectivity index (χ0) is 14.4. The van der Waals surface area contributed by atoms with Gasteiger partial charge in [0.2, 0.25) is 0 Å². The largest absolute Gasteiger partial charge is 0.478 e. The lowest BCUT2D eigenvalue weighted by atomic mass is 10.4. The predicted molar refractivity (Wildman–Crippen MR) is 73.8 cm³/mol. The number of carbonyl (C=O) groups excluding carboxylic acids is 2. The van der Waals surface area contributed by atoms with Gasteiger partial charge in [-0.3, -0.25) is 10.1 Å². The zero-order valence-electron chi connectivity index (χ0n) is 9.92. The first kappa shape index (κ1) is 15.4. The van der Waals surface area contributed by atoms with Gasteiger partial charge in [-0.2, -0.15) is 0 Å². The van der Waals surface area contributed by atoms with Crippen molar-refractivity contribution in [1.82, 2.24) is 10.2 Å². The molecule has 0 aliphatic heterocycles. The van der Waals surface area contributed by atoms with E-state index in [1.807, 2.05) is 11.4 Å². The average Bonchev–Trinajstić information content (AvgIpc) is 2.72. The van der Waals surface area contributed by atoms with Crippen molar-refractivity contribution in [1.29, 1.82) is 0 Å². The quantitative estimate of drug-likeness (QED) is 0.814. The number of carbonyl (C=O) groups is 3. The Hall–Kier alpha value is -1.67. The molecular weight excluding hydrogens is 336 g/mol. The maximum Gasteiger partial charge on any atom is 0.328 e. The molecule has 6 nitrogen and oxygen atoms in total. The van der Waals surface area contributed by atoms with E-state index in [4.69, 9.17) is 5.11 Å². The molecule has 0 saturated carbocycles. The van der Waals surface area contributed by atoms with E-state index in [1.54, 1.807) is 0 Å². The summed E-state index contributed by atoms with van der Waals surface area (Å²) in [5.74, 6) is -2.02. The van der Waals surface area contributed by atoms with Crippen molar-refractivity contribution in [2.75, 3.05) is 7.05 Å². The summed E-state index contributed by atoms with van der Waals surface area (Å²) in [4.78, 5) is 35.3. The molecule has 2 N–H and O–H groups in total. The predicted octanol–water partition coefficient (Wildman–Crippen LogP) is 1.82. The molecule has 3 amide bonds. The summed E-state index contributed by atoms with van der Waals surface area (Å²) in [7, 11) is 1.54. The third-order valence-corrected chi connectivity index (χ3v) is 3.65. The summed E-state index contributed by atoms with van der Waals surface area (Å²) >= 11 is 4.79. The van der Waals surface area contributed by atoms with Crippen LogP contribution in [0, 0.1) is 0 Å². The van der Waals surface area contributed by atoms with Crippen LogP contribution >= 0.6 is 27.3 Å². The molecule has 1 aromatic heterocycles. The second kappa shape index (κ2) is 7.05. The van der Waals surface area contributed by atoms with Crippen LogP contribution in [0.15, 0.2) is 28.1 Å². The molecule has 1 heterocycles. The second-order valence-corrected chi connectivity index (χ2v) is 5.46. The molecule has 0 spiro atoms. The third-order valence-electron chi connectivity index (χ3n) is 1.97. The van der Waals surface area contributed by atoms with E-state index < -0.39 is 17.9 Å². The summed E-state index contributed by atoms with van der Waals surface area (Å²) < 4.78 is 0.932. The normalized spacial score (nSPS) is 10.4. The third kappa shape index (κ3) is 5.66. The summed E-state index contributed by atoms with van der Waals surface area (Å²) in [6.07, 6.45) is 1.45. The first-order valence-electron chi connectivity index (χ1n) is 5.08. The Labute approximate surface area is 121 Å². The molecule has 8 heteroatoms. The molecule has 0 aromatic carbocycles. The summed E-state index contributed by atoms with van der Waals surface area (Å²) in [6.45, 7) is 0.359. The summed E-state index contributed by atoms with van der Waals surface area (Å²) in [6, 6.07) is 1.28. The topological polar surface area (TPSA) is 86.7 Å². The minimum Gasteiger partial charge on any atom is -0.478 e. The SMILES string of the molecule is CN(Cc1cc(Br)cs1)C(=O)NC(=O)C=CC(=O)O. The van der Waals surface area contributed by atoms with Gasteiger partial charge < -0.3 is 10.0 Å². The Kier molecular flexibility index (Phi) is 5.71. The number of aliphatic carboxylic acids is 1. The number of carboxylic acid groups (broad SMARTS) is 1. The van der Waals surface area contributed by atoms with E-state index in [0.717, 1.165) is 15.4 Å². The Morgan fingerprint density at radius 2 is 2.16 bits per heavy atom. The molecule has 1 aromatic rings. The van der Waals surface area contributed by atoms with Gasteiger partial charge in [0.1, 0.15) is 0 Å². The fraction of sp³-hybridized carbons (Fsp3) is 0.182. The molecule has 0 bridgehead atoms. The van der Waals surface area contributed by atoms with E-state index in [9.17, 15) is 14.4 Å². The monoisotopic (exact) mass is 346 g/mol. The lowest BCUT2D eigenvalue weighted by Gasteiger charge is -2.15. The average molecular weight is 347 g/mol. The maximum absolute atomic E-state index is 11.6. The zero-order valence-corrected chi connectivity index (χ0v) is 12.3. The summed E-state index contributed by atoms with van der Waals surface area (Å²) in [5, 5.41) is 12.3. The number of amides is 3. The van der Waals surface area contributed by atoms with Crippen LogP contribution in [0.2, 0.25) is 0 Å². The van der Waals surface area contributed by atoms with E-state index in [2.05, 4.69) is 21.2 Å². The lowest BCUT2D eigenvalue weighted by molar-refractivity contribution is -0.131. The highest BCUT2D eigenvalue weighted by molar-refractivity contribution is 9.10. The number of urea groups is 1. The van der Waals surface area contributed by atoms with Gasteiger partial charge in [-0.05, 0) is 22.0 Å². The highest BCUT2D eigenvalue weighted by Crippen LogP contribution is 2.20. The minimum absolute atomic E-state index is 0.359. The molecule has 0 unspecified atom stereocenters. The lowest BCUT2D eigenvalue weighted by Crippen LogP contribution is -2.39. The molecule has 0 aliphatic carbocycles. The number of thiophene rings is 1. The Bertz CT molecular complexity index is 527. The van der Waals surface area contributed by atoms with Crippen molar-refractivity contribution in [2.24, 2.45) is 0 Å². The minimum atomic E-state index is -1.25. The van der Waals surface area contributed by atoms with Gasteiger partial charge in [0, 0.05) is 33.9 Å². The Morgan fingerprint density at radius 1 is 1.47 bits per heavy atom. The maximum atomic E-state index is 11.6. The number of nitrogens with one attached hydrogen (secondary N) is 1. The van der Waals surface area contributed by atoms with Crippen LogP contribution in [0.4, 0.5) is 4.79 Å². The van der Waals surface area contributed by atoms with Crippen LogP contribution in [0.3, 0.4) is 0 Å². The van der Waals surface area contributed by atoms with Gasteiger partial charge in [0.15, 0.2) is 0 Å². The number of nitrogens with zero attached hydrogens (tertiary/aromatic N) is 1. The molecular formula is C11H11BrN2O4S. The van der Waals surface area contributed by atoms with Crippen molar-refractivity contribution < 1.29 is 19.5 Å². The van der Waals surface area contributed by atoms with E-state index >= 15 is 0 Å². The molecule has 0 atom stereocenters. The van der Waals surface area contributed by atoms with Crippen molar-refractivity contribution in [3.8, 4) is 0 Å². The highest BCUT2D eigenvalue weighted by atomic mass is 79.9. The molecule has 19 heavy (non-hydrogen) atoms. The molecule has 1 rings (SSSR count). The van der Waals surface area contributed by atoms with Crippen molar-refractivity contribution in [3.63, 3.8) is 0 Å². The number of halogens is 1. The number of carboxylic acids is 1. The Balaban J connectivity index is 2.49. The van der Waals surface area contributed by atoms with Gasteiger partial charge in [0.05, 0.1) is 6.54 Å². The van der Waals surface area contributed by atoms with E-state index in [0.29, 0.717) is 12.6 Å². The Morgan fingerprint density at radius 3 is 2.68 bits per heavy atom. The van der Waals surface area contributed by atoms with Crippen LogP contribution in [0.25, 0.3) is 0 Å². The van der Waals surface area contributed by atoms with Crippen LogP contribution in [0.1, 0.15) is 4.88 Å². The van der Waals surface area contributed by atoms with Gasteiger partial charge in [0.25, 0.3) is 5.91 Å².